The van der Waals surface area contributed by atoms with Crippen LogP contribution >= 0.6 is 0 Å². The number of allylic oxidation sites excluding steroid dienone is 7. The Morgan fingerprint density at radius 3 is 1.30 bits per heavy atom. The van der Waals surface area contributed by atoms with Gasteiger partial charge in [0.1, 0.15) is 0 Å². The standard InChI is InChI=1S/C72H63N4Se4/c1-37-29-41(5)65(42(6)30-37)69-53-17-13-49(73-53)50-14-18-54(74-50)70(66-43(7)31-38(2)32-44(66)8)63-27-23-59(79-63)60-24-28-64(80-60)72(68-47(11)35-40(4)36-48(68)12)56-20-16-52(76-56)51-15-19-55(75-51)71(67-45(9)33-39(3)34-46(67)10)62-26-22-58(78-62)57-21-25-61(69)77-57/h13-15,17-36,73,76H,16H2,1-12H3/q+1. The SMILES string of the molecule is Cc1cc(C)c(C2=c3ccc([nH]3)=C3C=CC(=N3)C(c3c(C)cc(C)cc3C)=c3ccc([se]3)=c3ccc([se]3)=C(c3c(C)cc(C)cc3C)C3=CCC(=C4C=CC(=N4)C(c4c(C)cc(C)cc4C)=c4ccc([se]4)=C4C=CC2=[Se+]4)N3)c(C)c1. The Hall–Kier alpha value is -6.39. The van der Waals surface area contributed by atoms with Crippen LogP contribution < -0.4 is 32.4 Å². The van der Waals surface area contributed by atoms with E-state index < -0.39 is 0 Å². The molecule has 0 fully saturated rings. The third-order valence-electron chi connectivity index (χ3n) is 16.0. The van der Waals surface area contributed by atoms with E-state index in [4.69, 9.17) is 9.98 Å². The Bertz CT molecular complexity index is 4790. The van der Waals surface area contributed by atoms with E-state index in [-0.39, 0.29) is 58.0 Å². The quantitative estimate of drug-likeness (QED) is 0.170. The van der Waals surface area contributed by atoms with E-state index in [0.717, 1.165) is 45.6 Å². The van der Waals surface area contributed by atoms with Crippen LogP contribution in [-0.2, 0) is 0 Å². The Morgan fingerprint density at radius 1 is 0.388 bits per heavy atom. The predicted octanol–water partition coefficient (Wildman–Crippen LogP) is 9.16. The normalized spacial score (nSPS) is 15.8. The second-order valence-corrected chi connectivity index (χ2v) is 31.5. The summed E-state index contributed by atoms with van der Waals surface area (Å²) in [6.07, 6.45) is 17.1. The molecule has 0 spiro atoms. The molecule has 4 aromatic heterocycles. The van der Waals surface area contributed by atoms with E-state index in [1.165, 1.54) is 150 Å². The molecule has 8 heteroatoms. The van der Waals surface area contributed by atoms with Crippen molar-refractivity contribution in [1.29, 1.82) is 0 Å². The van der Waals surface area contributed by atoms with E-state index in [1.807, 2.05) is 0 Å². The van der Waals surface area contributed by atoms with E-state index in [0.29, 0.717) is 0 Å². The van der Waals surface area contributed by atoms with E-state index in [2.05, 4.69) is 233 Å². The molecule has 0 aliphatic carbocycles. The van der Waals surface area contributed by atoms with Crippen LogP contribution in [0.15, 0.2) is 167 Å². The summed E-state index contributed by atoms with van der Waals surface area (Å²) >= 11 is 0.285. The predicted molar refractivity (Wildman–Crippen MR) is 342 cm³/mol. The molecule has 4 aromatic carbocycles. The van der Waals surface area contributed by atoms with Crippen LogP contribution in [0.2, 0.25) is 0 Å². The number of nitrogens with zero attached hydrogens (tertiary/aromatic N) is 2. The fourth-order valence-corrected chi connectivity index (χ4v) is 23.2. The number of nitrogens with one attached hydrogen (secondary N) is 2. The van der Waals surface area contributed by atoms with E-state index >= 15 is 0 Å². The first kappa shape index (κ1) is 52.9. The molecule has 8 aromatic rings. The van der Waals surface area contributed by atoms with Crippen LogP contribution in [0.5, 0.6) is 0 Å². The van der Waals surface area contributed by atoms with Crippen molar-refractivity contribution in [3.05, 3.63) is 281 Å². The van der Waals surface area contributed by atoms with Crippen molar-refractivity contribution in [2.75, 3.05) is 0 Å². The summed E-state index contributed by atoms with van der Waals surface area (Å²) in [5.74, 6) is 0. The zero-order valence-corrected chi connectivity index (χ0v) is 54.4. The summed E-state index contributed by atoms with van der Waals surface area (Å²) in [6, 6.07) is 37.9. The summed E-state index contributed by atoms with van der Waals surface area (Å²) in [7, 11) is 0. The van der Waals surface area contributed by atoms with Gasteiger partial charge in [0.25, 0.3) is 0 Å². The van der Waals surface area contributed by atoms with Gasteiger partial charge in [0.15, 0.2) is 0 Å². The van der Waals surface area contributed by atoms with E-state index in [9.17, 15) is 0 Å². The number of fused-ring (bicyclic) bond motifs is 13. The Morgan fingerprint density at radius 2 is 0.787 bits per heavy atom. The van der Waals surface area contributed by atoms with Gasteiger partial charge < -0.3 is 0 Å². The number of hydrogen-bond donors (Lipinski definition) is 2. The average molecular weight is 1300 g/mol. The minimum atomic E-state index is 0.0651. The maximum atomic E-state index is 5.62. The maximum absolute atomic E-state index is 5.62. The number of benzene rings is 4. The van der Waals surface area contributed by atoms with Crippen LogP contribution in [0.3, 0.4) is 0 Å². The summed E-state index contributed by atoms with van der Waals surface area (Å²) in [5.41, 5.74) is 32.3. The Kier molecular flexibility index (Phi) is 13.8. The average Bonchev–Trinajstić information content (AvgIpc) is 4.34. The number of aromatic nitrogens is 1. The van der Waals surface area contributed by atoms with Gasteiger partial charge in [-0.05, 0) is 0 Å². The molecule has 0 saturated heterocycles. The van der Waals surface area contributed by atoms with Crippen LogP contribution in [0, 0.1) is 91.3 Å². The van der Waals surface area contributed by atoms with Crippen molar-refractivity contribution < 1.29 is 0 Å². The summed E-state index contributed by atoms with van der Waals surface area (Å²) < 4.78 is 11.4. The number of rotatable bonds is 4. The Balaban J connectivity index is 1.12. The van der Waals surface area contributed by atoms with Crippen LogP contribution in [0.4, 0.5) is 0 Å². The van der Waals surface area contributed by atoms with Crippen molar-refractivity contribution in [1.82, 2.24) is 10.3 Å². The number of H-pyrrole nitrogens is 1. The minimum absolute atomic E-state index is 0.0651. The molecular weight excluding hydrogens is 1240 g/mol. The number of aryl methyl sites for hydroxylation is 12. The van der Waals surface area contributed by atoms with Crippen molar-refractivity contribution >= 4 is 106 Å². The molecular formula is C72H63N4Se4+. The molecule has 0 atom stereocenters. The zero-order valence-electron chi connectivity index (χ0n) is 47.5. The molecule has 0 saturated carbocycles. The van der Waals surface area contributed by atoms with Gasteiger partial charge in [-0.2, -0.15) is 0 Å². The Labute approximate surface area is 492 Å². The molecule has 9 heterocycles. The van der Waals surface area contributed by atoms with Crippen molar-refractivity contribution in [3.8, 4) is 0 Å². The van der Waals surface area contributed by atoms with Gasteiger partial charge in [0.2, 0.25) is 0 Å². The monoisotopic (exact) mass is 1300 g/mol. The molecule has 2 N–H and O–H groups in total. The first-order chi connectivity index (χ1) is 38.5. The van der Waals surface area contributed by atoms with Crippen molar-refractivity contribution in [3.63, 3.8) is 0 Å². The summed E-state index contributed by atoms with van der Waals surface area (Å²) in [5, 5.41) is 6.20. The molecule has 5 aliphatic rings. The van der Waals surface area contributed by atoms with E-state index in [1.54, 1.807) is 0 Å². The topological polar surface area (TPSA) is 52.5 Å². The van der Waals surface area contributed by atoms with Crippen LogP contribution in [0.1, 0.15) is 95.4 Å². The van der Waals surface area contributed by atoms with Crippen molar-refractivity contribution in [2.45, 2.75) is 89.5 Å². The third kappa shape index (κ3) is 9.52. The molecule has 13 rings (SSSR count). The van der Waals surface area contributed by atoms with Gasteiger partial charge in [-0.1, -0.05) is 0 Å². The zero-order chi connectivity index (χ0) is 55.4. The molecule has 4 nitrogen and oxygen atoms in total. The van der Waals surface area contributed by atoms with Crippen LogP contribution in [0.25, 0.3) is 32.5 Å². The molecule has 16 bridgehead atoms. The first-order valence-electron chi connectivity index (χ1n) is 27.6. The second-order valence-electron chi connectivity index (χ2n) is 22.4. The summed E-state index contributed by atoms with van der Waals surface area (Å²) in [6.45, 7) is 27.1. The van der Waals surface area contributed by atoms with Crippen LogP contribution in [-0.4, -0.2) is 78.9 Å². The number of hydrogen-bond acceptors (Lipinski definition) is 3. The molecule has 0 radical (unpaired) electrons. The number of aliphatic imine (C=N–C) groups is 2. The molecule has 0 unspecified atom stereocenters. The fourth-order valence-electron chi connectivity index (χ4n) is 13.1. The fraction of sp³-hybridized carbons (Fsp3) is 0.181. The van der Waals surface area contributed by atoms with Gasteiger partial charge in [0, 0.05) is 0 Å². The molecule has 394 valence electrons. The van der Waals surface area contributed by atoms with Crippen molar-refractivity contribution in [2.24, 2.45) is 9.98 Å². The molecule has 80 heavy (non-hydrogen) atoms. The van der Waals surface area contributed by atoms with Gasteiger partial charge in [-0.25, -0.2) is 0 Å². The van der Waals surface area contributed by atoms with Gasteiger partial charge in [0.05, 0.1) is 0 Å². The van der Waals surface area contributed by atoms with Gasteiger partial charge >= 0.3 is 497 Å². The van der Waals surface area contributed by atoms with Gasteiger partial charge in [-0.15, -0.1) is 0 Å². The first-order valence-corrected chi connectivity index (χ1v) is 34.4. The molecule has 5 aliphatic heterocycles. The summed E-state index contributed by atoms with van der Waals surface area (Å²) in [4.78, 5) is 15.2. The molecule has 0 amide bonds. The second kappa shape index (κ2) is 20.9. The van der Waals surface area contributed by atoms with Gasteiger partial charge in [-0.3, -0.25) is 0 Å². The number of aromatic amines is 1. The third-order valence-corrected chi connectivity index (χ3v) is 26.8.